The maximum Gasteiger partial charge on any atom is 0.319 e. The van der Waals surface area contributed by atoms with Crippen molar-refractivity contribution in [2.24, 2.45) is 0 Å². The highest BCUT2D eigenvalue weighted by molar-refractivity contribution is 8.00. The molecule has 0 heterocycles. The highest BCUT2D eigenvalue weighted by Gasteiger charge is 2.15. The minimum atomic E-state index is -0.192. The van der Waals surface area contributed by atoms with Gasteiger partial charge in [0.25, 0.3) is 0 Å². The maximum atomic E-state index is 11.8. The van der Waals surface area contributed by atoms with Gasteiger partial charge in [0.05, 0.1) is 6.61 Å². The second-order valence-corrected chi connectivity index (χ2v) is 11.2. The Balaban J connectivity index is 1.65. The van der Waals surface area contributed by atoms with Crippen molar-refractivity contribution in [1.29, 1.82) is 0 Å². The van der Waals surface area contributed by atoms with Crippen LogP contribution < -0.4 is 0 Å². The predicted molar refractivity (Wildman–Crippen MR) is 146 cm³/mol. The number of hydrogen-bond acceptors (Lipinski definition) is 4. The largest absolute Gasteiger partial charge is 0.465 e. The zero-order valence-electron chi connectivity index (χ0n) is 20.8. The lowest BCUT2D eigenvalue weighted by Gasteiger charge is -2.11. The van der Waals surface area contributed by atoms with Crippen LogP contribution in [0, 0.1) is 0 Å². The van der Waals surface area contributed by atoms with Crippen molar-refractivity contribution in [3.05, 3.63) is 48.5 Å². The fourth-order valence-corrected chi connectivity index (χ4v) is 5.54. The topological polar surface area (TPSA) is 26.3 Å². The van der Waals surface area contributed by atoms with Crippen molar-refractivity contribution in [3.63, 3.8) is 0 Å². The third-order valence-corrected chi connectivity index (χ3v) is 7.93. The minimum Gasteiger partial charge on any atom is -0.465 e. The van der Waals surface area contributed by atoms with Gasteiger partial charge in [-0.15, -0.1) is 23.5 Å². The molecule has 0 aliphatic heterocycles. The van der Waals surface area contributed by atoms with Crippen molar-refractivity contribution >= 4 is 29.5 Å². The maximum absolute atomic E-state index is 11.8. The summed E-state index contributed by atoms with van der Waals surface area (Å²) in [6.07, 6.45) is 13.9. The average molecular weight is 487 g/mol. The number of ether oxygens (including phenoxy) is 1. The summed E-state index contributed by atoms with van der Waals surface area (Å²) in [6, 6.07) is 17.3. The van der Waals surface area contributed by atoms with Crippen LogP contribution in [0.5, 0.6) is 0 Å². The van der Waals surface area contributed by atoms with E-state index in [1.165, 1.54) is 86.0 Å². The van der Waals surface area contributed by atoms with Gasteiger partial charge in [-0.1, -0.05) is 89.0 Å². The fourth-order valence-electron chi connectivity index (χ4n) is 3.76. The van der Waals surface area contributed by atoms with Gasteiger partial charge < -0.3 is 4.74 Å². The molecule has 0 saturated carbocycles. The normalized spacial score (nSPS) is 12.0. The van der Waals surface area contributed by atoms with E-state index in [4.69, 9.17) is 4.74 Å². The number of carbonyl (C=O) groups excluding carboxylic acids is 1. The van der Waals surface area contributed by atoms with E-state index in [0.29, 0.717) is 6.61 Å². The van der Waals surface area contributed by atoms with E-state index < -0.39 is 0 Å². The van der Waals surface area contributed by atoms with Gasteiger partial charge >= 0.3 is 5.97 Å². The summed E-state index contributed by atoms with van der Waals surface area (Å²) in [7, 11) is 0. The summed E-state index contributed by atoms with van der Waals surface area (Å²) in [5.41, 5.74) is 2.43. The van der Waals surface area contributed by atoms with Crippen LogP contribution in [0.25, 0.3) is 11.1 Å². The van der Waals surface area contributed by atoms with Crippen LogP contribution in [0.2, 0.25) is 0 Å². The van der Waals surface area contributed by atoms with E-state index in [2.05, 4.69) is 55.5 Å². The molecular weight excluding hydrogens is 444 g/mol. The molecule has 4 heteroatoms. The quantitative estimate of drug-likeness (QED) is 0.126. The summed E-state index contributed by atoms with van der Waals surface area (Å²) < 4.78 is 5.09. The summed E-state index contributed by atoms with van der Waals surface area (Å²) >= 11 is 3.51. The second-order valence-electron chi connectivity index (χ2n) is 8.59. The van der Waals surface area contributed by atoms with Gasteiger partial charge in [0.2, 0.25) is 0 Å². The van der Waals surface area contributed by atoms with Gasteiger partial charge in [-0.25, -0.2) is 0 Å². The molecule has 2 rings (SSSR count). The first-order valence-electron chi connectivity index (χ1n) is 12.8. The lowest BCUT2D eigenvalue weighted by molar-refractivity contribution is -0.142. The van der Waals surface area contributed by atoms with Crippen LogP contribution in [0.1, 0.15) is 85.0 Å². The van der Waals surface area contributed by atoms with Gasteiger partial charge in [-0.05, 0) is 61.4 Å². The van der Waals surface area contributed by atoms with Crippen LogP contribution in [-0.2, 0) is 9.53 Å². The molecule has 0 aromatic heterocycles. The first kappa shape index (κ1) is 27.9. The minimum absolute atomic E-state index is 0.155. The third-order valence-electron chi connectivity index (χ3n) is 5.74. The standard InChI is InChI=1S/C29H42O2S2/c1-4-6-7-8-9-10-11-12-13-14-23-32-27-19-15-25(16-20-27)26-17-21-28(22-18-26)33-24(3)29(30)31-5-2/h15-22,24H,4-14,23H2,1-3H3/t24-/m1/s1. The number of unbranched alkanes of at least 4 members (excludes halogenated alkanes) is 9. The Labute approximate surface area is 210 Å². The molecule has 0 amide bonds. The Hall–Kier alpha value is -1.39. The molecule has 0 aliphatic carbocycles. The molecule has 33 heavy (non-hydrogen) atoms. The van der Waals surface area contributed by atoms with Crippen LogP contribution in [0.4, 0.5) is 0 Å². The van der Waals surface area contributed by atoms with Crippen molar-refractivity contribution in [3.8, 4) is 11.1 Å². The highest BCUT2D eigenvalue weighted by Crippen LogP contribution is 2.29. The number of esters is 1. The zero-order valence-corrected chi connectivity index (χ0v) is 22.4. The summed E-state index contributed by atoms with van der Waals surface area (Å²) in [4.78, 5) is 14.3. The Kier molecular flexibility index (Phi) is 14.4. The van der Waals surface area contributed by atoms with Crippen LogP contribution in [0.15, 0.2) is 58.3 Å². The SMILES string of the molecule is CCCCCCCCCCCCSc1ccc(-c2ccc(S[C@H](C)C(=O)OCC)cc2)cc1. The molecule has 0 saturated heterocycles. The molecule has 1 atom stereocenters. The first-order valence-corrected chi connectivity index (χ1v) is 14.7. The van der Waals surface area contributed by atoms with Gasteiger partial charge in [0, 0.05) is 9.79 Å². The van der Waals surface area contributed by atoms with Crippen LogP contribution in [0.3, 0.4) is 0 Å². The summed E-state index contributed by atoms with van der Waals surface area (Å²) in [5, 5.41) is -0.192. The Morgan fingerprint density at radius 2 is 1.21 bits per heavy atom. The molecule has 0 bridgehead atoms. The van der Waals surface area contributed by atoms with Crippen molar-refractivity contribution < 1.29 is 9.53 Å². The smallest absolute Gasteiger partial charge is 0.319 e. The molecular formula is C29H42O2S2. The number of benzene rings is 2. The summed E-state index contributed by atoms with van der Waals surface area (Å²) in [5.74, 6) is 1.05. The monoisotopic (exact) mass is 486 g/mol. The number of hydrogen-bond donors (Lipinski definition) is 0. The van der Waals surface area contributed by atoms with Crippen molar-refractivity contribution in [2.75, 3.05) is 12.4 Å². The molecule has 2 aromatic rings. The van der Waals surface area contributed by atoms with E-state index in [0.717, 1.165) is 4.90 Å². The highest BCUT2D eigenvalue weighted by atomic mass is 32.2. The second kappa shape index (κ2) is 17.1. The molecule has 0 unspecified atom stereocenters. The molecule has 182 valence electrons. The lowest BCUT2D eigenvalue weighted by atomic mass is 10.1. The van der Waals surface area contributed by atoms with E-state index in [1.54, 1.807) is 11.8 Å². The average Bonchev–Trinajstić information content (AvgIpc) is 2.83. The molecule has 0 N–H and O–H groups in total. The molecule has 2 aromatic carbocycles. The van der Waals surface area contributed by atoms with E-state index in [-0.39, 0.29) is 11.2 Å². The Bertz CT molecular complexity index is 771. The van der Waals surface area contributed by atoms with Crippen LogP contribution >= 0.6 is 23.5 Å². The lowest BCUT2D eigenvalue weighted by Crippen LogP contribution is -2.16. The first-order chi connectivity index (χ1) is 16.1. The van der Waals surface area contributed by atoms with Gasteiger partial charge in [0.1, 0.15) is 5.25 Å². The molecule has 0 spiro atoms. The van der Waals surface area contributed by atoms with Gasteiger partial charge in [-0.2, -0.15) is 0 Å². The Morgan fingerprint density at radius 1 is 0.727 bits per heavy atom. The van der Waals surface area contributed by atoms with Gasteiger partial charge in [-0.3, -0.25) is 4.79 Å². The number of rotatable bonds is 17. The van der Waals surface area contributed by atoms with E-state index >= 15 is 0 Å². The van der Waals surface area contributed by atoms with Crippen LogP contribution in [-0.4, -0.2) is 23.6 Å². The molecule has 0 aliphatic rings. The van der Waals surface area contributed by atoms with Crippen molar-refractivity contribution in [1.82, 2.24) is 0 Å². The third kappa shape index (κ3) is 11.5. The zero-order chi connectivity index (χ0) is 23.7. The van der Waals surface area contributed by atoms with E-state index in [1.807, 2.05) is 25.6 Å². The molecule has 2 nitrogen and oxygen atoms in total. The molecule has 0 fully saturated rings. The molecule has 0 radical (unpaired) electrons. The Morgan fingerprint density at radius 3 is 1.73 bits per heavy atom. The predicted octanol–water partition coefficient (Wildman–Crippen LogP) is 9.41. The van der Waals surface area contributed by atoms with Gasteiger partial charge in [0.15, 0.2) is 0 Å². The van der Waals surface area contributed by atoms with E-state index in [9.17, 15) is 4.79 Å². The summed E-state index contributed by atoms with van der Waals surface area (Å²) in [6.45, 7) is 6.44. The van der Waals surface area contributed by atoms with Crippen molar-refractivity contribution in [2.45, 2.75) is 100 Å². The number of thioether (sulfide) groups is 2. The fraction of sp³-hybridized carbons (Fsp3) is 0.552. The number of carbonyl (C=O) groups is 1.